The summed E-state index contributed by atoms with van der Waals surface area (Å²) < 4.78 is 5.69. The Hall–Kier alpha value is -3.19. The monoisotopic (exact) mass is 406 g/mol. The molecule has 1 saturated heterocycles. The molecule has 2 N–H and O–H groups in total. The zero-order valence-electron chi connectivity index (χ0n) is 16.0. The van der Waals surface area contributed by atoms with E-state index in [0.717, 1.165) is 22.7 Å². The summed E-state index contributed by atoms with van der Waals surface area (Å²) in [5.74, 6) is 0.725. The first-order chi connectivity index (χ1) is 14.1. The molecule has 0 unspecified atom stereocenters. The minimum atomic E-state index is -0.167. The van der Waals surface area contributed by atoms with Crippen LogP contribution in [0.15, 0.2) is 71.5 Å². The van der Waals surface area contributed by atoms with Crippen molar-refractivity contribution in [2.45, 2.75) is 25.4 Å². The van der Waals surface area contributed by atoms with Crippen molar-refractivity contribution in [3.63, 3.8) is 0 Å². The second-order valence-electron chi connectivity index (χ2n) is 7.00. The first-order valence-electron chi connectivity index (χ1n) is 9.50. The van der Waals surface area contributed by atoms with Gasteiger partial charge in [-0.3, -0.25) is 9.78 Å². The van der Waals surface area contributed by atoms with E-state index in [1.54, 1.807) is 12.5 Å². The molecular formula is C22H22N4O2S. The maximum Gasteiger partial charge on any atom is 0.226 e. The van der Waals surface area contributed by atoms with Crippen molar-refractivity contribution in [1.29, 1.82) is 0 Å². The van der Waals surface area contributed by atoms with Crippen molar-refractivity contribution in [3.8, 4) is 0 Å². The highest BCUT2D eigenvalue weighted by atomic mass is 32.1. The van der Waals surface area contributed by atoms with Gasteiger partial charge in [-0.1, -0.05) is 23.8 Å². The number of carbonyl (C=O) groups excluding carboxylic acids is 1. The number of hydrogen-bond donors (Lipinski definition) is 2. The van der Waals surface area contributed by atoms with E-state index in [4.69, 9.17) is 16.6 Å². The van der Waals surface area contributed by atoms with Crippen LogP contribution in [-0.4, -0.2) is 27.4 Å². The summed E-state index contributed by atoms with van der Waals surface area (Å²) >= 11 is 5.58. The fraction of sp³-hybridized carbons (Fsp3) is 0.227. The molecule has 4 rings (SSSR count). The molecular weight excluding hydrogens is 384 g/mol. The van der Waals surface area contributed by atoms with E-state index < -0.39 is 0 Å². The van der Waals surface area contributed by atoms with E-state index in [1.807, 2.05) is 66.4 Å². The lowest BCUT2D eigenvalue weighted by atomic mass is 10.0. The second kappa shape index (κ2) is 8.45. The number of rotatable bonds is 6. The summed E-state index contributed by atoms with van der Waals surface area (Å²) in [4.78, 5) is 18.9. The highest BCUT2D eigenvalue weighted by molar-refractivity contribution is 7.80. The van der Waals surface area contributed by atoms with Gasteiger partial charge in [-0.05, 0) is 55.5 Å². The average Bonchev–Trinajstić information content (AvgIpc) is 3.36. The Bertz CT molecular complexity index is 974. The van der Waals surface area contributed by atoms with Crippen molar-refractivity contribution >= 4 is 28.9 Å². The van der Waals surface area contributed by atoms with Gasteiger partial charge < -0.3 is 20.0 Å². The summed E-state index contributed by atoms with van der Waals surface area (Å²) in [6, 6.07) is 17.0. The van der Waals surface area contributed by atoms with Gasteiger partial charge in [-0.25, -0.2) is 0 Å². The Labute approximate surface area is 174 Å². The molecule has 0 bridgehead atoms. The van der Waals surface area contributed by atoms with Gasteiger partial charge in [0, 0.05) is 24.8 Å². The predicted molar refractivity (Wildman–Crippen MR) is 115 cm³/mol. The van der Waals surface area contributed by atoms with Gasteiger partial charge in [-0.2, -0.15) is 0 Å². The molecule has 0 radical (unpaired) electrons. The fourth-order valence-corrected chi connectivity index (χ4v) is 3.83. The number of hydrogen-bond acceptors (Lipinski definition) is 4. The molecule has 1 aromatic carbocycles. The van der Waals surface area contributed by atoms with E-state index in [2.05, 4.69) is 15.6 Å². The summed E-state index contributed by atoms with van der Waals surface area (Å²) in [5, 5.41) is 6.86. The summed E-state index contributed by atoms with van der Waals surface area (Å²) in [5.41, 5.74) is 2.82. The molecule has 1 amide bonds. The summed E-state index contributed by atoms with van der Waals surface area (Å²) in [6.45, 7) is 2.48. The standard InChI is InChI=1S/C22H22N4O2S/c1-15-7-9-16(10-8-15)24-19(27)11-13-26-21(18-6-4-14-28-18)20(25-22(26)29)17-5-2-3-12-23-17/h2-10,12,14,20-21H,11,13H2,1H3,(H,24,27)(H,25,29)/t20-,21-/m0/s1. The number of furan rings is 1. The molecule has 3 heterocycles. The number of pyridine rings is 1. The molecule has 29 heavy (non-hydrogen) atoms. The van der Waals surface area contributed by atoms with Crippen LogP contribution < -0.4 is 10.6 Å². The van der Waals surface area contributed by atoms with Gasteiger partial charge in [-0.15, -0.1) is 0 Å². The van der Waals surface area contributed by atoms with Crippen LogP contribution in [0, 0.1) is 6.92 Å². The predicted octanol–water partition coefficient (Wildman–Crippen LogP) is 3.98. The third kappa shape index (κ3) is 4.30. The Kier molecular flexibility index (Phi) is 5.57. The zero-order valence-corrected chi connectivity index (χ0v) is 16.9. The SMILES string of the molecule is Cc1ccc(NC(=O)CCN2C(=S)N[C@@H](c3ccccn3)[C@@H]2c2ccco2)cc1. The van der Waals surface area contributed by atoms with Gasteiger partial charge in [0.15, 0.2) is 5.11 Å². The Morgan fingerprint density at radius 3 is 2.72 bits per heavy atom. The van der Waals surface area contributed by atoms with Crippen LogP contribution in [0.1, 0.15) is 35.5 Å². The maximum absolute atomic E-state index is 12.5. The second-order valence-corrected chi connectivity index (χ2v) is 7.39. The molecule has 148 valence electrons. The van der Waals surface area contributed by atoms with E-state index in [1.165, 1.54) is 0 Å². The molecule has 3 aromatic rings. The number of benzene rings is 1. The number of nitrogens with one attached hydrogen (secondary N) is 2. The average molecular weight is 407 g/mol. The number of amides is 1. The van der Waals surface area contributed by atoms with Crippen molar-refractivity contribution in [3.05, 3.63) is 84.1 Å². The van der Waals surface area contributed by atoms with Crippen LogP contribution in [-0.2, 0) is 4.79 Å². The molecule has 1 aliphatic rings. The van der Waals surface area contributed by atoms with Crippen molar-refractivity contribution < 1.29 is 9.21 Å². The Morgan fingerprint density at radius 2 is 2.03 bits per heavy atom. The minimum Gasteiger partial charge on any atom is -0.467 e. The van der Waals surface area contributed by atoms with Gasteiger partial charge in [0.05, 0.1) is 18.0 Å². The van der Waals surface area contributed by atoms with Crippen molar-refractivity contribution in [1.82, 2.24) is 15.2 Å². The van der Waals surface area contributed by atoms with E-state index in [9.17, 15) is 4.79 Å². The molecule has 2 aromatic heterocycles. The van der Waals surface area contributed by atoms with Crippen molar-refractivity contribution in [2.24, 2.45) is 0 Å². The first-order valence-corrected chi connectivity index (χ1v) is 9.90. The van der Waals surface area contributed by atoms with E-state index in [0.29, 0.717) is 18.1 Å². The normalized spacial score (nSPS) is 18.5. The van der Waals surface area contributed by atoms with Gasteiger partial charge >= 0.3 is 0 Å². The quantitative estimate of drug-likeness (QED) is 0.604. The zero-order chi connectivity index (χ0) is 20.2. The number of anilines is 1. The van der Waals surface area contributed by atoms with Crippen LogP contribution in [0.2, 0.25) is 0 Å². The molecule has 0 saturated carbocycles. The Balaban J connectivity index is 1.48. The maximum atomic E-state index is 12.5. The lowest BCUT2D eigenvalue weighted by Gasteiger charge is -2.25. The number of aromatic nitrogens is 1. The van der Waals surface area contributed by atoms with Crippen LogP contribution in [0.25, 0.3) is 0 Å². The van der Waals surface area contributed by atoms with Gasteiger partial charge in [0.1, 0.15) is 11.8 Å². The molecule has 1 aliphatic heterocycles. The van der Waals surface area contributed by atoms with Gasteiger partial charge in [0.2, 0.25) is 5.91 Å². The molecule has 6 nitrogen and oxygen atoms in total. The lowest BCUT2D eigenvalue weighted by molar-refractivity contribution is -0.116. The van der Waals surface area contributed by atoms with Gasteiger partial charge in [0.25, 0.3) is 0 Å². The first kappa shape index (κ1) is 19.1. The van der Waals surface area contributed by atoms with Crippen molar-refractivity contribution in [2.75, 3.05) is 11.9 Å². The fourth-order valence-electron chi connectivity index (χ4n) is 3.50. The third-order valence-corrected chi connectivity index (χ3v) is 5.30. The number of thiocarbonyl (C=S) groups is 1. The highest BCUT2D eigenvalue weighted by Gasteiger charge is 2.41. The molecule has 0 spiro atoms. The van der Waals surface area contributed by atoms with E-state index >= 15 is 0 Å². The number of nitrogens with zero attached hydrogens (tertiary/aromatic N) is 2. The lowest BCUT2D eigenvalue weighted by Crippen LogP contribution is -2.32. The molecule has 1 fully saturated rings. The largest absolute Gasteiger partial charge is 0.467 e. The smallest absolute Gasteiger partial charge is 0.226 e. The van der Waals surface area contributed by atoms with Crippen LogP contribution >= 0.6 is 12.2 Å². The van der Waals surface area contributed by atoms with Crippen LogP contribution in [0.4, 0.5) is 5.69 Å². The third-order valence-electron chi connectivity index (χ3n) is 4.95. The number of carbonyl (C=O) groups is 1. The molecule has 2 atom stereocenters. The highest BCUT2D eigenvalue weighted by Crippen LogP contribution is 2.38. The minimum absolute atomic E-state index is 0.0591. The molecule has 0 aliphatic carbocycles. The number of aryl methyl sites for hydroxylation is 1. The topological polar surface area (TPSA) is 70.4 Å². The van der Waals surface area contributed by atoms with E-state index in [-0.39, 0.29) is 18.0 Å². The van der Waals surface area contributed by atoms with Crippen LogP contribution in [0.3, 0.4) is 0 Å². The summed E-state index contributed by atoms with van der Waals surface area (Å²) in [6.07, 6.45) is 3.72. The Morgan fingerprint density at radius 1 is 1.21 bits per heavy atom. The van der Waals surface area contributed by atoms with Crippen LogP contribution in [0.5, 0.6) is 0 Å². The summed E-state index contributed by atoms with van der Waals surface area (Å²) in [7, 11) is 0. The molecule has 7 heteroatoms.